The molecular weight excluding hydrogens is 260 g/mol. The van der Waals surface area contributed by atoms with Crippen molar-refractivity contribution >= 4 is 17.8 Å². The zero-order valence-electron chi connectivity index (χ0n) is 12.8. The Balaban J connectivity index is 3.65. The van der Waals surface area contributed by atoms with Crippen LogP contribution in [0.4, 0.5) is 0 Å². The van der Waals surface area contributed by atoms with Crippen molar-refractivity contribution < 1.29 is 19.5 Å². The number of carbonyl (C=O) groups is 3. The quantitative estimate of drug-likeness (QED) is 0.583. The second-order valence-corrected chi connectivity index (χ2v) is 5.99. The molecule has 0 saturated heterocycles. The first-order valence-electron chi connectivity index (χ1n) is 6.92. The van der Waals surface area contributed by atoms with E-state index in [9.17, 15) is 14.4 Å². The van der Waals surface area contributed by atoms with Gasteiger partial charge in [0.15, 0.2) is 0 Å². The molecule has 6 heteroatoms. The molecule has 0 aromatic carbocycles. The van der Waals surface area contributed by atoms with Crippen LogP contribution in [0.2, 0.25) is 0 Å². The Bertz CT molecular complexity index is 348. The van der Waals surface area contributed by atoms with Gasteiger partial charge < -0.3 is 15.7 Å². The van der Waals surface area contributed by atoms with E-state index in [-0.39, 0.29) is 11.8 Å². The smallest absolute Gasteiger partial charge is 0.306 e. The molecule has 0 aromatic heterocycles. The fourth-order valence-electron chi connectivity index (χ4n) is 1.36. The molecule has 1 unspecified atom stereocenters. The Kier molecular flexibility index (Phi) is 7.87. The van der Waals surface area contributed by atoms with Crippen LogP contribution in [0.3, 0.4) is 0 Å². The van der Waals surface area contributed by atoms with Gasteiger partial charge in [-0.2, -0.15) is 0 Å². The van der Waals surface area contributed by atoms with Crippen LogP contribution in [0, 0.1) is 11.3 Å². The molecular formula is C14H26N2O4. The van der Waals surface area contributed by atoms with E-state index in [0.717, 1.165) is 0 Å². The summed E-state index contributed by atoms with van der Waals surface area (Å²) >= 11 is 0. The normalized spacial score (nSPS) is 12.6. The van der Waals surface area contributed by atoms with E-state index in [1.807, 2.05) is 20.8 Å². The number of rotatable bonds is 8. The maximum Gasteiger partial charge on any atom is 0.306 e. The van der Waals surface area contributed by atoms with E-state index < -0.39 is 17.3 Å². The summed E-state index contributed by atoms with van der Waals surface area (Å²) in [6, 6.07) is 0. The number of hydrogen-bond acceptors (Lipinski definition) is 3. The second kappa shape index (κ2) is 8.55. The monoisotopic (exact) mass is 286 g/mol. The lowest BCUT2D eigenvalue weighted by molar-refractivity contribution is -0.141. The van der Waals surface area contributed by atoms with Crippen LogP contribution in [0.25, 0.3) is 0 Å². The number of nitrogens with one attached hydrogen (secondary N) is 2. The Morgan fingerprint density at radius 1 is 1.10 bits per heavy atom. The maximum absolute atomic E-state index is 11.6. The molecule has 0 spiro atoms. The lowest BCUT2D eigenvalue weighted by Crippen LogP contribution is -2.35. The molecule has 1 atom stereocenters. The molecule has 20 heavy (non-hydrogen) atoms. The van der Waals surface area contributed by atoms with Crippen molar-refractivity contribution in [2.24, 2.45) is 11.3 Å². The van der Waals surface area contributed by atoms with Gasteiger partial charge in [0.25, 0.3) is 0 Å². The number of aliphatic carboxylic acids is 1. The van der Waals surface area contributed by atoms with Crippen LogP contribution in [0.15, 0.2) is 0 Å². The standard InChI is InChI=1S/C14H26N2O4/c1-10(12(18)19)7-9-15-11(17)6-5-8-16-13(20)14(2,3)4/h10H,5-9H2,1-4H3,(H,15,17)(H,16,20)(H,18,19). The molecule has 0 radical (unpaired) electrons. The van der Waals surface area contributed by atoms with Crippen molar-refractivity contribution in [2.75, 3.05) is 13.1 Å². The van der Waals surface area contributed by atoms with Crippen molar-refractivity contribution in [1.82, 2.24) is 10.6 Å². The number of hydrogen-bond donors (Lipinski definition) is 3. The van der Waals surface area contributed by atoms with Crippen LogP contribution in [-0.2, 0) is 14.4 Å². The molecule has 0 heterocycles. The lowest BCUT2D eigenvalue weighted by Gasteiger charge is -2.17. The number of carboxylic acid groups (broad SMARTS) is 1. The zero-order chi connectivity index (χ0) is 15.8. The summed E-state index contributed by atoms with van der Waals surface area (Å²) in [5.74, 6) is -1.47. The molecule has 0 fully saturated rings. The second-order valence-electron chi connectivity index (χ2n) is 5.99. The lowest BCUT2D eigenvalue weighted by atomic mass is 9.96. The summed E-state index contributed by atoms with van der Waals surface area (Å²) < 4.78 is 0. The summed E-state index contributed by atoms with van der Waals surface area (Å²) in [7, 11) is 0. The van der Waals surface area contributed by atoms with Crippen molar-refractivity contribution in [2.45, 2.75) is 47.0 Å². The Morgan fingerprint density at radius 3 is 2.20 bits per heavy atom. The van der Waals surface area contributed by atoms with E-state index >= 15 is 0 Å². The predicted molar refractivity (Wildman–Crippen MR) is 76.1 cm³/mol. The van der Waals surface area contributed by atoms with Gasteiger partial charge in [0.05, 0.1) is 5.92 Å². The van der Waals surface area contributed by atoms with E-state index in [1.165, 1.54) is 0 Å². The summed E-state index contributed by atoms with van der Waals surface area (Å²) in [6.45, 7) is 7.93. The van der Waals surface area contributed by atoms with Gasteiger partial charge in [0.1, 0.15) is 0 Å². The third kappa shape index (κ3) is 8.50. The minimum Gasteiger partial charge on any atom is -0.481 e. The van der Waals surface area contributed by atoms with Gasteiger partial charge in [-0.1, -0.05) is 27.7 Å². The Morgan fingerprint density at radius 2 is 1.70 bits per heavy atom. The first-order valence-corrected chi connectivity index (χ1v) is 6.92. The van der Waals surface area contributed by atoms with Crippen molar-refractivity contribution in [3.63, 3.8) is 0 Å². The molecule has 0 aromatic rings. The minimum absolute atomic E-state index is 0.0341. The third-order valence-electron chi connectivity index (χ3n) is 2.87. The van der Waals surface area contributed by atoms with Crippen LogP contribution in [0.5, 0.6) is 0 Å². The van der Waals surface area contributed by atoms with Gasteiger partial charge in [-0.25, -0.2) is 0 Å². The molecule has 2 amide bonds. The molecule has 0 aliphatic heterocycles. The Labute approximate surface area is 120 Å². The largest absolute Gasteiger partial charge is 0.481 e. The average Bonchev–Trinajstić information content (AvgIpc) is 2.32. The molecule has 6 nitrogen and oxygen atoms in total. The highest BCUT2D eigenvalue weighted by Crippen LogP contribution is 2.12. The van der Waals surface area contributed by atoms with Crippen molar-refractivity contribution in [1.29, 1.82) is 0 Å². The first-order chi connectivity index (χ1) is 9.14. The number of carboxylic acids is 1. The van der Waals surface area contributed by atoms with Crippen LogP contribution in [0.1, 0.15) is 47.0 Å². The van der Waals surface area contributed by atoms with Crippen LogP contribution in [-0.4, -0.2) is 36.0 Å². The molecule has 0 aliphatic rings. The van der Waals surface area contributed by atoms with Gasteiger partial charge in [-0.3, -0.25) is 14.4 Å². The van der Waals surface area contributed by atoms with Crippen molar-refractivity contribution in [3.8, 4) is 0 Å². The van der Waals surface area contributed by atoms with Gasteiger partial charge in [0.2, 0.25) is 11.8 Å². The summed E-state index contributed by atoms with van der Waals surface area (Å²) in [4.78, 5) is 33.6. The van der Waals surface area contributed by atoms with Gasteiger partial charge in [-0.15, -0.1) is 0 Å². The minimum atomic E-state index is -0.857. The van der Waals surface area contributed by atoms with Crippen LogP contribution >= 0.6 is 0 Å². The highest BCUT2D eigenvalue weighted by Gasteiger charge is 2.20. The Hall–Kier alpha value is -1.59. The third-order valence-corrected chi connectivity index (χ3v) is 2.87. The fraction of sp³-hybridized carbons (Fsp3) is 0.786. The highest BCUT2D eigenvalue weighted by molar-refractivity contribution is 5.81. The summed E-state index contributed by atoms with van der Waals surface area (Å²) in [6.07, 6.45) is 1.32. The summed E-state index contributed by atoms with van der Waals surface area (Å²) in [5.41, 5.74) is -0.421. The SMILES string of the molecule is CC(CCNC(=O)CCCNC(=O)C(C)(C)C)C(=O)O. The topological polar surface area (TPSA) is 95.5 Å². The zero-order valence-corrected chi connectivity index (χ0v) is 12.8. The molecule has 0 saturated carbocycles. The molecule has 116 valence electrons. The van der Waals surface area contributed by atoms with E-state index in [0.29, 0.717) is 32.4 Å². The maximum atomic E-state index is 11.6. The van der Waals surface area contributed by atoms with Gasteiger partial charge >= 0.3 is 5.97 Å². The highest BCUT2D eigenvalue weighted by atomic mass is 16.4. The fourth-order valence-corrected chi connectivity index (χ4v) is 1.36. The molecule has 3 N–H and O–H groups in total. The van der Waals surface area contributed by atoms with Crippen molar-refractivity contribution in [3.05, 3.63) is 0 Å². The van der Waals surface area contributed by atoms with Gasteiger partial charge in [-0.05, 0) is 12.8 Å². The summed E-state index contributed by atoms with van der Waals surface area (Å²) in [5, 5.41) is 14.1. The first kappa shape index (κ1) is 18.4. The van der Waals surface area contributed by atoms with E-state index in [4.69, 9.17) is 5.11 Å². The predicted octanol–water partition coefficient (Wildman–Crippen LogP) is 1.16. The van der Waals surface area contributed by atoms with E-state index in [2.05, 4.69) is 10.6 Å². The number of amides is 2. The molecule has 0 bridgehead atoms. The average molecular weight is 286 g/mol. The van der Waals surface area contributed by atoms with Gasteiger partial charge in [0, 0.05) is 24.9 Å². The molecule has 0 rings (SSSR count). The number of carbonyl (C=O) groups excluding carboxylic acids is 2. The molecule has 0 aliphatic carbocycles. The van der Waals surface area contributed by atoms with E-state index in [1.54, 1.807) is 6.92 Å². The van der Waals surface area contributed by atoms with Crippen LogP contribution < -0.4 is 10.6 Å².